The van der Waals surface area contributed by atoms with Gasteiger partial charge in [0, 0.05) is 36.0 Å². The number of anilines is 1. The Morgan fingerprint density at radius 2 is 2.19 bits per heavy atom. The van der Waals surface area contributed by atoms with Gasteiger partial charge < -0.3 is 24.4 Å². The zero-order valence-corrected chi connectivity index (χ0v) is 14.2. The van der Waals surface area contributed by atoms with Gasteiger partial charge in [0.05, 0.1) is 13.2 Å². The lowest BCUT2D eigenvalue weighted by atomic mass is 10.1. The first-order valence-electron chi connectivity index (χ1n) is 8.34. The number of ether oxygens (including phenoxy) is 3. The number of carbonyl (C=O) groups is 2. The van der Waals surface area contributed by atoms with Gasteiger partial charge in [0.15, 0.2) is 17.2 Å². The summed E-state index contributed by atoms with van der Waals surface area (Å²) in [6.07, 6.45) is 0.594. The third kappa shape index (κ3) is 2.92. The van der Waals surface area contributed by atoms with E-state index in [1.807, 2.05) is 0 Å². The molecule has 9 heteroatoms. The molecule has 1 aromatic heterocycles. The zero-order chi connectivity index (χ0) is 18.1. The molecule has 0 aliphatic carbocycles. The molecule has 4 rings (SSSR count). The Kier molecular flexibility index (Phi) is 4.11. The van der Waals surface area contributed by atoms with E-state index >= 15 is 0 Å². The molecule has 0 unspecified atom stereocenters. The number of esters is 1. The van der Waals surface area contributed by atoms with Crippen molar-refractivity contribution in [2.24, 2.45) is 0 Å². The maximum atomic E-state index is 12.6. The number of rotatable bonds is 3. The maximum Gasteiger partial charge on any atom is 0.359 e. The van der Waals surface area contributed by atoms with Crippen molar-refractivity contribution in [3.63, 3.8) is 0 Å². The van der Waals surface area contributed by atoms with Crippen molar-refractivity contribution < 1.29 is 23.8 Å². The summed E-state index contributed by atoms with van der Waals surface area (Å²) >= 11 is 0. The van der Waals surface area contributed by atoms with Gasteiger partial charge in [-0.2, -0.15) is 5.10 Å². The smallest absolute Gasteiger partial charge is 0.359 e. The van der Waals surface area contributed by atoms with Crippen LogP contribution in [0.5, 0.6) is 11.5 Å². The highest BCUT2D eigenvalue weighted by Gasteiger charge is 2.28. The Morgan fingerprint density at radius 3 is 3.04 bits per heavy atom. The molecule has 2 amide bonds. The topological polar surface area (TPSA) is 106 Å². The van der Waals surface area contributed by atoms with Crippen LogP contribution < -0.4 is 14.8 Å². The minimum atomic E-state index is -0.483. The highest BCUT2D eigenvalue weighted by Crippen LogP contribution is 2.34. The van der Waals surface area contributed by atoms with E-state index in [1.165, 1.54) is 0 Å². The van der Waals surface area contributed by atoms with Crippen molar-refractivity contribution in [1.82, 2.24) is 15.1 Å². The van der Waals surface area contributed by atoms with E-state index in [4.69, 9.17) is 14.2 Å². The molecule has 3 heterocycles. The fourth-order valence-electron chi connectivity index (χ4n) is 3.01. The molecule has 0 atom stereocenters. The molecule has 136 valence electrons. The average molecular weight is 358 g/mol. The van der Waals surface area contributed by atoms with Crippen LogP contribution in [0.1, 0.15) is 28.7 Å². The summed E-state index contributed by atoms with van der Waals surface area (Å²) in [6, 6.07) is 4.96. The lowest BCUT2D eigenvalue weighted by Gasteiger charge is -2.27. The standard InChI is InChI=1S/C17H18N4O5/c1-2-24-16(22)15-11-8-21(6-5-12(11)19-20-15)17(23)18-10-3-4-13-14(7-10)26-9-25-13/h3-4,7H,2,5-6,8-9H2,1H3,(H,18,23)(H,19,20). The summed E-state index contributed by atoms with van der Waals surface area (Å²) in [7, 11) is 0. The van der Waals surface area contributed by atoms with Crippen LogP contribution in [-0.2, 0) is 17.7 Å². The van der Waals surface area contributed by atoms with Crippen molar-refractivity contribution in [2.45, 2.75) is 19.9 Å². The predicted molar refractivity (Wildman–Crippen MR) is 90.2 cm³/mol. The quantitative estimate of drug-likeness (QED) is 0.812. The first-order chi connectivity index (χ1) is 12.7. The van der Waals surface area contributed by atoms with Crippen molar-refractivity contribution in [1.29, 1.82) is 0 Å². The number of aromatic nitrogens is 2. The first kappa shape index (κ1) is 16.2. The van der Waals surface area contributed by atoms with Gasteiger partial charge in [-0.3, -0.25) is 5.10 Å². The molecule has 2 aliphatic heterocycles. The lowest BCUT2D eigenvalue weighted by Crippen LogP contribution is -2.39. The molecule has 0 spiro atoms. The number of hydrogen-bond donors (Lipinski definition) is 2. The first-order valence-corrected chi connectivity index (χ1v) is 8.34. The van der Waals surface area contributed by atoms with Crippen LogP contribution >= 0.6 is 0 Å². The van der Waals surface area contributed by atoms with Crippen LogP contribution in [0.2, 0.25) is 0 Å². The average Bonchev–Trinajstić information content (AvgIpc) is 3.27. The van der Waals surface area contributed by atoms with E-state index in [0.717, 1.165) is 5.69 Å². The Balaban J connectivity index is 1.47. The third-order valence-corrected chi connectivity index (χ3v) is 4.31. The highest BCUT2D eigenvalue weighted by molar-refractivity contribution is 5.91. The molecule has 9 nitrogen and oxygen atoms in total. The number of nitrogens with zero attached hydrogens (tertiary/aromatic N) is 2. The summed E-state index contributed by atoms with van der Waals surface area (Å²) in [5.41, 5.74) is 2.42. The normalized spacial score (nSPS) is 14.7. The van der Waals surface area contributed by atoms with Gasteiger partial charge in [0.1, 0.15) is 0 Å². The molecule has 0 saturated heterocycles. The minimum Gasteiger partial charge on any atom is -0.461 e. The van der Waals surface area contributed by atoms with E-state index in [0.29, 0.717) is 35.7 Å². The van der Waals surface area contributed by atoms with Crippen molar-refractivity contribution >= 4 is 17.7 Å². The molecule has 0 saturated carbocycles. The number of urea groups is 1. The minimum absolute atomic E-state index is 0.179. The highest BCUT2D eigenvalue weighted by atomic mass is 16.7. The number of fused-ring (bicyclic) bond motifs is 2. The number of hydrogen-bond acceptors (Lipinski definition) is 6. The van der Waals surface area contributed by atoms with Crippen LogP contribution in [0, 0.1) is 0 Å². The van der Waals surface area contributed by atoms with Crippen LogP contribution in [0.15, 0.2) is 18.2 Å². The van der Waals surface area contributed by atoms with E-state index in [-0.39, 0.29) is 31.7 Å². The molecule has 2 aromatic rings. The van der Waals surface area contributed by atoms with E-state index in [2.05, 4.69) is 15.5 Å². The van der Waals surface area contributed by atoms with Crippen LogP contribution in [0.25, 0.3) is 0 Å². The molecular weight excluding hydrogens is 340 g/mol. The summed E-state index contributed by atoms with van der Waals surface area (Å²) in [5, 5.41) is 9.75. The molecule has 26 heavy (non-hydrogen) atoms. The summed E-state index contributed by atoms with van der Waals surface area (Å²) in [5.74, 6) is 0.772. The van der Waals surface area contributed by atoms with Crippen molar-refractivity contribution in [2.75, 3.05) is 25.3 Å². The van der Waals surface area contributed by atoms with Crippen LogP contribution in [0.4, 0.5) is 10.5 Å². The van der Waals surface area contributed by atoms with E-state index < -0.39 is 5.97 Å². The molecular formula is C17H18N4O5. The fourth-order valence-corrected chi connectivity index (χ4v) is 3.01. The largest absolute Gasteiger partial charge is 0.461 e. The van der Waals surface area contributed by atoms with Gasteiger partial charge in [-0.15, -0.1) is 0 Å². The van der Waals surface area contributed by atoms with Gasteiger partial charge in [0.25, 0.3) is 0 Å². The number of nitrogens with one attached hydrogen (secondary N) is 2. The number of amides is 2. The molecule has 0 radical (unpaired) electrons. The van der Waals surface area contributed by atoms with Crippen LogP contribution in [0.3, 0.4) is 0 Å². The molecule has 2 N–H and O–H groups in total. The number of benzene rings is 1. The fraction of sp³-hybridized carbons (Fsp3) is 0.353. The maximum absolute atomic E-state index is 12.6. The monoisotopic (exact) mass is 358 g/mol. The lowest BCUT2D eigenvalue weighted by molar-refractivity contribution is 0.0517. The Hall–Kier alpha value is -3.23. The Bertz CT molecular complexity index is 863. The summed E-state index contributed by atoms with van der Waals surface area (Å²) in [4.78, 5) is 26.2. The second-order valence-electron chi connectivity index (χ2n) is 5.92. The summed E-state index contributed by atoms with van der Waals surface area (Å²) < 4.78 is 15.6. The SMILES string of the molecule is CCOC(=O)c1n[nH]c2c1CN(C(=O)Nc1ccc3c(c1)OCO3)CC2. The Labute approximate surface area is 149 Å². The predicted octanol–water partition coefficient (Wildman–Crippen LogP) is 1.91. The molecule has 0 fully saturated rings. The number of aromatic amines is 1. The molecule has 1 aromatic carbocycles. The van der Waals surface area contributed by atoms with E-state index in [1.54, 1.807) is 30.0 Å². The van der Waals surface area contributed by atoms with E-state index in [9.17, 15) is 9.59 Å². The van der Waals surface area contributed by atoms with Crippen LogP contribution in [-0.4, -0.2) is 47.0 Å². The van der Waals surface area contributed by atoms with Gasteiger partial charge in [-0.1, -0.05) is 0 Å². The summed E-state index contributed by atoms with van der Waals surface area (Å²) in [6.45, 7) is 3.00. The third-order valence-electron chi connectivity index (χ3n) is 4.31. The van der Waals surface area contributed by atoms with Gasteiger partial charge in [0.2, 0.25) is 6.79 Å². The number of carbonyl (C=O) groups excluding carboxylic acids is 2. The molecule has 2 aliphatic rings. The van der Waals surface area contributed by atoms with Crippen molar-refractivity contribution in [3.05, 3.63) is 35.2 Å². The number of H-pyrrole nitrogens is 1. The van der Waals surface area contributed by atoms with Crippen molar-refractivity contribution in [3.8, 4) is 11.5 Å². The second-order valence-corrected chi connectivity index (χ2v) is 5.92. The molecule has 0 bridgehead atoms. The Morgan fingerprint density at radius 1 is 1.35 bits per heavy atom. The van der Waals surface area contributed by atoms with Gasteiger partial charge in [-0.25, -0.2) is 9.59 Å². The van der Waals surface area contributed by atoms with Gasteiger partial charge in [-0.05, 0) is 19.1 Å². The second kappa shape index (κ2) is 6.58. The van der Waals surface area contributed by atoms with Gasteiger partial charge >= 0.3 is 12.0 Å². The zero-order valence-electron chi connectivity index (χ0n) is 14.2.